The summed E-state index contributed by atoms with van der Waals surface area (Å²) in [5.74, 6) is 1.09. The normalized spacial score (nSPS) is 12.5. The molecule has 1 aromatic carbocycles. The number of pyridine rings is 1. The molecule has 4 N–H and O–H groups in total. The number of H-pyrrole nitrogens is 1. The number of aliphatic imine (C=N–C) groups is 1. The van der Waals surface area contributed by atoms with Crippen molar-refractivity contribution in [3.63, 3.8) is 0 Å². The van der Waals surface area contributed by atoms with E-state index in [4.69, 9.17) is 0 Å². The number of aliphatic hydroxyl groups excluding tert-OH is 1. The summed E-state index contributed by atoms with van der Waals surface area (Å²) in [6.45, 7) is 8.76. The zero-order valence-electron chi connectivity index (χ0n) is 16.1. The lowest BCUT2D eigenvalue weighted by atomic mass is 10.0. The average Bonchev–Trinajstić information content (AvgIpc) is 3.10. The van der Waals surface area contributed by atoms with Gasteiger partial charge in [0.05, 0.1) is 6.61 Å². The molecule has 3 aromatic rings. The maximum atomic E-state index is 9.48. The van der Waals surface area contributed by atoms with Crippen molar-refractivity contribution < 1.29 is 5.11 Å². The second kappa shape index (κ2) is 8.33. The molecule has 27 heavy (non-hydrogen) atoms. The molecule has 142 valence electrons. The molecule has 0 radical (unpaired) electrons. The van der Waals surface area contributed by atoms with E-state index in [2.05, 4.69) is 70.4 Å². The van der Waals surface area contributed by atoms with Gasteiger partial charge in [0.2, 0.25) is 0 Å². The van der Waals surface area contributed by atoms with Crippen LogP contribution in [0.15, 0.2) is 41.5 Å². The van der Waals surface area contributed by atoms with E-state index in [-0.39, 0.29) is 12.6 Å². The summed E-state index contributed by atoms with van der Waals surface area (Å²) in [7, 11) is 1.82. The first-order valence-electron chi connectivity index (χ1n) is 9.17. The lowest BCUT2D eigenvalue weighted by Crippen LogP contribution is -2.36. The van der Waals surface area contributed by atoms with E-state index in [1.807, 2.05) is 13.1 Å². The van der Waals surface area contributed by atoms with Gasteiger partial charge < -0.3 is 20.7 Å². The molecule has 0 saturated heterocycles. The summed E-state index contributed by atoms with van der Waals surface area (Å²) in [6.07, 6.45) is 1.76. The highest BCUT2D eigenvalue weighted by Crippen LogP contribution is 2.35. The molecule has 0 aliphatic rings. The Morgan fingerprint density at radius 2 is 2.07 bits per heavy atom. The summed E-state index contributed by atoms with van der Waals surface area (Å²) in [5, 5.41) is 17.1. The third-order valence-corrected chi connectivity index (χ3v) is 4.86. The van der Waals surface area contributed by atoms with Gasteiger partial charge in [-0.05, 0) is 42.5 Å². The fourth-order valence-corrected chi connectivity index (χ4v) is 3.21. The van der Waals surface area contributed by atoms with E-state index in [1.54, 1.807) is 6.20 Å². The summed E-state index contributed by atoms with van der Waals surface area (Å²) < 4.78 is 0. The van der Waals surface area contributed by atoms with Crippen molar-refractivity contribution in [3.05, 3.63) is 42.1 Å². The average molecular weight is 365 g/mol. The Balaban J connectivity index is 1.90. The molecule has 0 bridgehead atoms. The van der Waals surface area contributed by atoms with Crippen molar-refractivity contribution in [1.29, 1.82) is 0 Å². The van der Waals surface area contributed by atoms with Gasteiger partial charge in [0, 0.05) is 48.0 Å². The van der Waals surface area contributed by atoms with Crippen LogP contribution in [0.2, 0.25) is 0 Å². The Labute approximate surface area is 159 Å². The van der Waals surface area contributed by atoms with Gasteiger partial charge in [-0.15, -0.1) is 0 Å². The first kappa shape index (κ1) is 19.1. The van der Waals surface area contributed by atoms with E-state index in [0.717, 1.165) is 34.4 Å². The summed E-state index contributed by atoms with van der Waals surface area (Å²) in [5.41, 5.74) is 4.91. The quantitative estimate of drug-likeness (QED) is 0.459. The lowest BCUT2D eigenvalue weighted by Gasteiger charge is -2.19. The Morgan fingerprint density at radius 1 is 1.26 bits per heavy atom. The van der Waals surface area contributed by atoms with Crippen molar-refractivity contribution in [2.24, 2.45) is 10.9 Å². The van der Waals surface area contributed by atoms with Crippen LogP contribution in [-0.4, -0.2) is 41.5 Å². The summed E-state index contributed by atoms with van der Waals surface area (Å²) in [4.78, 5) is 11.9. The third kappa shape index (κ3) is 4.02. The monoisotopic (exact) mass is 365 g/mol. The Kier molecular flexibility index (Phi) is 5.88. The molecule has 6 nitrogen and oxygen atoms in total. The zero-order valence-corrected chi connectivity index (χ0v) is 16.1. The Bertz CT molecular complexity index is 931. The Morgan fingerprint density at radius 3 is 2.74 bits per heavy atom. The van der Waals surface area contributed by atoms with Gasteiger partial charge >= 0.3 is 0 Å². The molecule has 2 heterocycles. The van der Waals surface area contributed by atoms with Crippen molar-refractivity contribution in [2.75, 3.05) is 19.0 Å². The largest absolute Gasteiger partial charge is 0.395 e. The molecule has 0 fully saturated rings. The summed E-state index contributed by atoms with van der Waals surface area (Å²) in [6, 6.07) is 10.5. The molecule has 1 unspecified atom stereocenters. The van der Waals surface area contributed by atoms with E-state index in [1.165, 1.54) is 5.56 Å². The van der Waals surface area contributed by atoms with Crippen molar-refractivity contribution >= 4 is 29.1 Å². The number of hydrogen-bond donors (Lipinski definition) is 4. The number of benzene rings is 1. The molecule has 3 rings (SSSR count). The van der Waals surface area contributed by atoms with E-state index in [9.17, 15) is 5.11 Å². The van der Waals surface area contributed by atoms with Crippen LogP contribution < -0.4 is 10.6 Å². The number of anilines is 1. The van der Waals surface area contributed by atoms with Crippen LogP contribution in [0, 0.1) is 5.92 Å². The predicted molar refractivity (Wildman–Crippen MR) is 113 cm³/mol. The standard InChI is InChI=1S/C21H27N5O/c1-13(2)19(12-27)25-11-14-5-6-17-15(9-14)10-18(26-17)16-7-8-24-21(23-4)20(16)22-3/h5-10,13,19,25-27H,3,11-12H2,1-2,4H3,(H,23,24). The predicted octanol–water partition coefficient (Wildman–Crippen LogP) is 3.71. The van der Waals surface area contributed by atoms with Gasteiger partial charge in [-0.3, -0.25) is 4.99 Å². The fourth-order valence-electron chi connectivity index (χ4n) is 3.21. The minimum atomic E-state index is 0.0977. The van der Waals surface area contributed by atoms with Gasteiger partial charge in [0.1, 0.15) is 5.69 Å². The van der Waals surface area contributed by atoms with Crippen LogP contribution in [0.5, 0.6) is 0 Å². The highest BCUT2D eigenvalue weighted by molar-refractivity contribution is 5.91. The number of aromatic amines is 1. The minimum Gasteiger partial charge on any atom is -0.395 e. The molecule has 0 amide bonds. The van der Waals surface area contributed by atoms with Gasteiger partial charge in [0.15, 0.2) is 5.82 Å². The van der Waals surface area contributed by atoms with Crippen molar-refractivity contribution in [1.82, 2.24) is 15.3 Å². The third-order valence-electron chi connectivity index (χ3n) is 4.86. The molecule has 6 heteroatoms. The number of nitrogens with one attached hydrogen (secondary N) is 3. The van der Waals surface area contributed by atoms with Gasteiger partial charge in [-0.2, -0.15) is 0 Å². The molecule has 0 aliphatic heterocycles. The Hall–Kier alpha value is -2.70. The minimum absolute atomic E-state index is 0.0977. The second-order valence-electron chi connectivity index (χ2n) is 6.98. The lowest BCUT2D eigenvalue weighted by molar-refractivity contribution is 0.210. The van der Waals surface area contributed by atoms with Crippen LogP contribution in [0.25, 0.3) is 22.2 Å². The molecule has 2 aromatic heterocycles. The number of fused-ring (bicyclic) bond motifs is 1. The highest BCUT2D eigenvalue weighted by Gasteiger charge is 2.13. The first-order valence-corrected chi connectivity index (χ1v) is 9.17. The van der Waals surface area contributed by atoms with Crippen LogP contribution in [0.3, 0.4) is 0 Å². The van der Waals surface area contributed by atoms with Crippen LogP contribution in [0.1, 0.15) is 19.4 Å². The van der Waals surface area contributed by atoms with Crippen molar-refractivity contribution in [3.8, 4) is 11.3 Å². The second-order valence-corrected chi connectivity index (χ2v) is 6.98. The number of hydrogen-bond acceptors (Lipinski definition) is 5. The molecule has 0 spiro atoms. The molecule has 1 atom stereocenters. The fraction of sp³-hybridized carbons (Fsp3) is 0.333. The number of aliphatic hydroxyl groups is 1. The van der Waals surface area contributed by atoms with E-state index >= 15 is 0 Å². The molecule has 0 saturated carbocycles. The molecule has 0 aliphatic carbocycles. The van der Waals surface area contributed by atoms with Crippen LogP contribution in [0.4, 0.5) is 11.5 Å². The van der Waals surface area contributed by atoms with Crippen LogP contribution >= 0.6 is 0 Å². The first-order chi connectivity index (χ1) is 13.1. The van der Waals surface area contributed by atoms with Gasteiger partial charge in [0.25, 0.3) is 0 Å². The van der Waals surface area contributed by atoms with Gasteiger partial charge in [-0.1, -0.05) is 19.9 Å². The van der Waals surface area contributed by atoms with Crippen molar-refractivity contribution in [2.45, 2.75) is 26.4 Å². The van der Waals surface area contributed by atoms with Crippen LogP contribution in [-0.2, 0) is 6.54 Å². The SMILES string of the molecule is C=Nc1c(-c2cc3cc(CNC(CO)C(C)C)ccc3[nH]2)ccnc1NC. The maximum Gasteiger partial charge on any atom is 0.152 e. The summed E-state index contributed by atoms with van der Waals surface area (Å²) >= 11 is 0. The molecular weight excluding hydrogens is 338 g/mol. The maximum absolute atomic E-state index is 9.48. The number of rotatable bonds is 8. The smallest absolute Gasteiger partial charge is 0.152 e. The number of aromatic nitrogens is 2. The molecular formula is C21H27N5O. The topological polar surface area (TPSA) is 85.3 Å². The highest BCUT2D eigenvalue weighted by atomic mass is 16.3. The zero-order chi connectivity index (χ0) is 19.4. The van der Waals surface area contributed by atoms with E-state index < -0.39 is 0 Å². The van der Waals surface area contributed by atoms with E-state index in [0.29, 0.717) is 11.7 Å². The van der Waals surface area contributed by atoms with Gasteiger partial charge in [-0.25, -0.2) is 4.98 Å². The number of nitrogens with zero attached hydrogens (tertiary/aromatic N) is 2.